The van der Waals surface area contributed by atoms with Crippen molar-refractivity contribution < 1.29 is 9.53 Å². The minimum atomic E-state index is -1.36. The fourth-order valence-corrected chi connectivity index (χ4v) is 4.94. The molecule has 0 amide bonds. The highest BCUT2D eigenvalue weighted by Gasteiger charge is 2.45. The molecule has 0 spiro atoms. The van der Waals surface area contributed by atoms with Gasteiger partial charge in [0.1, 0.15) is 0 Å². The van der Waals surface area contributed by atoms with Crippen molar-refractivity contribution in [3.63, 3.8) is 0 Å². The average Bonchev–Trinajstić information content (AvgIpc) is 2.18. The van der Waals surface area contributed by atoms with E-state index in [2.05, 4.69) is 33.0 Å². The van der Waals surface area contributed by atoms with Crippen LogP contribution < -0.4 is 0 Å². The van der Waals surface area contributed by atoms with Crippen LogP contribution in [0, 0.1) is 11.3 Å². The topological polar surface area (TPSA) is 26.3 Å². The van der Waals surface area contributed by atoms with Crippen molar-refractivity contribution in [2.24, 2.45) is 11.3 Å². The highest BCUT2D eigenvalue weighted by atomic mass is 28.3. The summed E-state index contributed by atoms with van der Waals surface area (Å²) in [7, 11) is -1.36. The molecular weight excluding hydrogens is 216 g/mol. The summed E-state index contributed by atoms with van der Waals surface area (Å²) in [6.45, 7) is 8.86. The van der Waals surface area contributed by atoms with Crippen molar-refractivity contribution in [3.8, 4) is 0 Å². The number of hydrogen-bond acceptors (Lipinski definition) is 2. The van der Waals surface area contributed by atoms with Gasteiger partial charge in [0.2, 0.25) is 0 Å². The quantitative estimate of drug-likeness (QED) is 0.368. The standard InChI is InChI=1S/C13H22O2Si/c1-10-5-6-11-7-13(10,2)12(14)15-9-16(3,4)8-11/h6,10H,5,7-9H2,1-4H3/t10-,13-/m0/s1. The second-order valence-electron chi connectivity index (χ2n) is 6.51. The zero-order chi connectivity index (χ0) is 12.0. The third-order valence-electron chi connectivity index (χ3n) is 4.21. The lowest BCUT2D eigenvalue weighted by molar-refractivity contribution is -0.156. The molecule has 2 atom stereocenters. The molecule has 16 heavy (non-hydrogen) atoms. The minimum absolute atomic E-state index is 0.0332. The van der Waals surface area contributed by atoms with Crippen LogP contribution in [0.4, 0.5) is 0 Å². The van der Waals surface area contributed by atoms with Crippen LogP contribution >= 0.6 is 0 Å². The van der Waals surface area contributed by atoms with E-state index in [1.165, 1.54) is 11.6 Å². The van der Waals surface area contributed by atoms with E-state index >= 15 is 0 Å². The second-order valence-corrected chi connectivity index (χ2v) is 11.5. The van der Waals surface area contributed by atoms with E-state index in [1.54, 1.807) is 0 Å². The number of carbonyl (C=O) groups is 1. The Labute approximate surface area is 99.1 Å². The van der Waals surface area contributed by atoms with Crippen LogP contribution in [0.3, 0.4) is 0 Å². The molecule has 1 aliphatic heterocycles. The van der Waals surface area contributed by atoms with E-state index in [4.69, 9.17) is 4.74 Å². The normalized spacial score (nSPS) is 38.1. The summed E-state index contributed by atoms with van der Waals surface area (Å²) >= 11 is 0. The molecule has 2 aliphatic rings. The Kier molecular flexibility index (Phi) is 2.77. The molecule has 0 aromatic carbocycles. The van der Waals surface area contributed by atoms with E-state index in [0.29, 0.717) is 12.1 Å². The molecule has 0 aromatic heterocycles. The molecule has 0 aromatic rings. The van der Waals surface area contributed by atoms with Crippen LogP contribution in [0.25, 0.3) is 0 Å². The maximum absolute atomic E-state index is 12.2. The Bertz CT molecular complexity index is 346. The van der Waals surface area contributed by atoms with Gasteiger partial charge in [0.05, 0.1) is 19.7 Å². The molecule has 0 unspecified atom stereocenters. The maximum atomic E-state index is 12.2. The molecule has 0 saturated carbocycles. The van der Waals surface area contributed by atoms with Crippen LogP contribution in [0.5, 0.6) is 0 Å². The molecule has 90 valence electrons. The third-order valence-corrected chi connectivity index (χ3v) is 6.55. The lowest BCUT2D eigenvalue weighted by Crippen LogP contribution is -2.45. The van der Waals surface area contributed by atoms with Gasteiger partial charge in [-0.1, -0.05) is 31.7 Å². The van der Waals surface area contributed by atoms with Gasteiger partial charge in [0.25, 0.3) is 0 Å². The molecule has 1 aliphatic carbocycles. The second kappa shape index (κ2) is 3.72. The van der Waals surface area contributed by atoms with Gasteiger partial charge in [-0.25, -0.2) is 0 Å². The van der Waals surface area contributed by atoms with Crippen LogP contribution in [-0.4, -0.2) is 20.3 Å². The van der Waals surface area contributed by atoms with Crippen molar-refractivity contribution >= 4 is 14.0 Å². The number of allylic oxidation sites excluding steroid dienone is 2. The molecule has 0 radical (unpaired) electrons. The summed E-state index contributed by atoms with van der Waals surface area (Å²) in [5.41, 5.74) is 1.24. The largest absolute Gasteiger partial charge is 0.469 e. The van der Waals surface area contributed by atoms with Crippen molar-refractivity contribution in [2.45, 2.75) is 45.8 Å². The Morgan fingerprint density at radius 2 is 2.19 bits per heavy atom. The molecule has 1 saturated heterocycles. The van der Waals surface area contributed by atoms with E-state index < -0.39 is 8.07 Å². The Morgan fingerprint density at radius 3 is 2.88 bits per heavy atom. The van der Waals surface area contributed by atoms with Crippen molar-refractivity contribution in [1.82, 2.24) is 0 Å². The molecule has 0 N–H and O–H groups in total. The van der Waals surface area contributed by atoms with Crippen molar-refractivity contribution in [2.75, 3.05) is 6.23 Å². The summed E-state index contributed by atoms with van der Waals surface area (Å²) in [5, 5.41) is 0. The minimum Gasteiger partial charge on any atom is -0.469 e. The summed E-state index contributed by atoms with van der Waals surface area (Å²) < 4.78 is 5.55. The summed E-state index contributed by atoms with van der Waals surface area (Å²) in [5.74, 6) is 0.442. The lowest BCUT2D eigenvalue weighted by Gasteiger charge is -2.41. The van der Waals surface area contributed by atoms with E-state index in [0.717, 1.165) is 12.8 Å². The van der Waals surface area contributed by atoms with Gasteiger partial charge in [-0.05, 0) is 31.7 Å². The number of esters is 1. The van der Waals surface area contributed by atoms with Crippen LogP contribution in [0.15, 0.2) is 11.6 Å². The first-order valence-electron chi connectivity index (χ1n) is 6.19. The van der Waals surface area contributed by atoms with Crippen LogP contribution in [0.2, 0.25) is 19.1 Å². The maximum Gasteiger partial charge on any atom is 0.312 e. The number of rotatable bonds is 0. The monoisotopic (exact) mass is 238 g/mol. The van der Waals surface area contributed by atoms with Gasteiger partial charge in [-0.2, -0.15) is 0 Å². The van der Waals surface area contributed by atoms with E-state index in [-0.39, 0.29) is 11.4 Å². The lowest BCUT2D eigenvalue weighted by atomic mass is 9.69. The summed E-state index contributed by atoms with van der Waals surface area (Å²) in [4.78, 5) is 12.2. The molecule has 2 rings (SSSR count). The van der Waals surface area contributed by atoms with Gasteiger partial charge in [0.15, 0.2) is 0 Å². The van der Waals surface area contributed by atoms with Gasteiger partial charge >= 0.3 is 5.97 Å². The zero-order valence-electron chi connectivity index (χ0n) is 10.8. The predicted octanol–water partition coefficient (Wildman–Crippen LogP) is 3.15. The summed E-state index contributed by atoms with van der Waals surface area (Å²) in [6.07, 6.45) is 5.01. The summed E-state index contributed by atoms with van der Waals surface area (Å²) in [6, 6.07) is 1.20. The third kappa shape index (κ3) is 1.97. The number of ether oxygens (including phenoxy) is 1. The first-order valence-corrected chi connectivity index (χ1v) is 9.60. The number of fused-ring (bicyclic) bond motifs is 2. The predicted molar refractivity (Wildman–Crippen MR) is 67.8 cm³/mol. The van der Waals surface area contributed by atoms with Gasteiger partial charge in [0, 0.05) is 0 Å². The molecular formula is C13H22O2Si. The van der Waals surface area contributed by atoms with E-state index in [9.17, 15) is 4.79 Å². The van der Waals surface area contributed by atoms with Gasteiger partial charge < -0.3 is 4.74 Å². The van der Waals surface area contributed by atoms with Gasteiger partial charge in [-0.3, -0.25) is 4.79 Å². The fourth-order valence-electron chi connectivity index (χ4n) is 2.82. The first kappa shape index (κ1) is 11.9. The average molecular weight is 238 g/mol. The number of hydrogen-bond donors (Lipinski definition) is 0. The van der Waals surface area contributed by atoms with E-state index in [1.807, 2.05) is 0 Å². The first-order chi connectivity index (χ1) is 7.33. The van der Waals surface area contributed by atoms with Crippen molar-refractivity contribution in [1.29, 1.82) is 0 Å². The van der Waals surface area contributed by atoms with Crippen LogP contribution in [0.1, 0.15) is 26.7 Å². The molecule has 2 bridgehead atoms. The Hall–Kier alpha value is -0.573. The molecule has 2 nitrogen and oxygen atoms in total. The Balaban J connectivity index is 2.33. The molecule has 1 fully saturated rings. The smallest absolute Gasteiger partial charge is 0.312 e. The highest BCUT2D eigenvalue weighted by Crippen LogP contribution is 2.45. The number of cyclic esters (lactones) is 1. The number of carbonyl (C=O) groups excluding carboxylic acids is 1. The Morgan fingerprint density at radius 1 is 1.50 bits per heavy atom. The highest BCUT2D eigenvalue weighted by molar-refractivity contribution is 6.78. The fraction of sp³-hybridized carbons (Fsp3) is 0.769. The van der Waals surface area contributed by atoms with Gasteiger partial charge in [-0.15, -0.1) is 0 Å². The molecule has 3 heteroatoms. The van der Waals surface area contributed by atoms with Crippen LogP contribution in [-0.2, 0) is 9.53 Å². The van der Waals surface area contributed by atoms with Crippen molar-refractivity contribution in [3.05, 3.63) is 11.6 Å². The SMILES string of the molecule is C[C@H]1CC=C2C[C@]1(C)C(=O)OC[Si](C)(C)C2. The zero-order valence-corrected chi connectivity index (χ0v) is 11.8. The molecule has 1 heterocycles.